The third-order valence-electron chi connectivity index (χ3n) is 1.89. The number of carbonyl (C=O) groups excluding carboxylic acids is 1. The van der Waals surface area contributed by atoms with Gasteiger partial charge in [0, 0.05) is 26.2 Å². The molecule has 0 aliphatic heterocycles. The van der Waals surface area contributed by atoms with E-state index in [1.54, 1.807) is 25.5 Å². The SMILES string of the molecule is CNC(=O)CCNc1cnccc1C#N. The molecule has 2 N–H and O–H groups in total. The Morgan fingerprint density at radius 2 is 2.47 bits per heavy atom. The van der Waals surface area contributed by atoms with Crippen molar-refractivity contribution in [3.63, 3.8) is 0 Å². The summed E-state index contributed by atoms with van der Waals surface area (Å²) in [4.78, 5) is 14.8. The second-order valence-corrected chi connectivity index (χ2v) is 2.88. The van der Waals surface area contributed by atoms with Gasteiger partial charge in [-0.15, -0.1) is 0 Å². The van der Waals surface area contributed by atoms with Crippen molar-refractivity contribution in [2.24, 2.45) is 0 Å². The van der Waals surface area contributed by atoms with Crippen LogP contribution in [-0.2, 0) is 4.79 Å². The lowest BCUT2D eigenvalue weighted by molar-refractivity contribution is -0.120. The lowest BCUT2D eigenvalue weighted by Gasteiger charge is -2.06. The van der Waals surface area contributed by atoms with E-state index >= 15 is 0 Å². The Labute approximate surface area is 88.1 Å². The highest BCUT2D eigenvalue weighted by Crippen LogP contribution is 2.11. The van der Waals surface area contributed by atoms with Gasteiger partial charge in [0.25, 0.3) is 0 Å². The maximum Gasteiger partial charge on any atom is 0.221 e. The molecule has 0 aliphatic rings. The summed E-state index contributed by atoms with van der Waals surface area (Å²) in [6, 6.07) is 3.67. The number of aromatic nitrogens is 1. The Morgan fingerprint density at radius 3 is 3.13 bits per heavy atom. The van der Waals surface area contributed by atoms with Crippen LogP contribution in [0.25, 0.3) is 0 Å². The summed E-state index contributed by atoms with van der Waals surface area (Å²) in [5.41, 5.74) is 1.19. The lowest BCUT2D eigenvalue weighted by atomic mass is 10.2. The maximum absolute atomic E-state index is 10.9. The monoisotopic (exact) mass is 204 g/mol. The Bertz CT molecular complexity index is 383. The summed E-state index contributed by atoms with van der Waals surface area (Å²) in [5.74, 6) is -0.0371. The fraction of sp³-hybridized carbons (Fsp3) is 0.300. The average Bonchev–Trinajstić information content (AvgIpc) is 2.29. The van der Waals surface area contributed by atoms with Crippen LogP contribution < -0.4 is 10.6 Å². The van der Waals surface area contributed by atoms with Gasteiger partial charge in [-0.3, -0.25) is 9.78 Å². The lowest BCUT2D eigenvalue weighted by Crippen LogP contribution is -2.21. The molecule has 0 aliphatic carbocycles. The smallest absolute Gasteiger partial charge is 0.221 e. The molecule has 0 atom stereocenters. The number of nitriles is 1. The van der Waals surface area contributed by atoms with Crippen LogP contribution in [0, 0.1) is 11.3 Å². The Morgan fingerprint density at radius 1 is 1.67 bits per heavy atom. The molecular weight excluding hydrogens is 192 g/mol. The van der Waals surface area contributed by atoms with E-state index in [0.717, 1.165) is 0 Å². The summed E-state index contributed by atoms with van der Waals surface area (Å²) in [7, 11) is 1.59. The van der Waals surface area contributed by atoms with Crippen LogP contribution in [0.3, 0.4) is 0 Å². The van der Waals surface area contributed by atoms with Gasteiger partial charge < -0.3 is 10.6 Å². The summed E-state index contributed by atoms with van der Waals surface area (Å²) in [5, 5.41) is 14.3. The topological polar surface area (TPSA) is 77.8 Å². The highest BCUT2D eigenvalue weighted by Gasteiger charge is 2.01. The van der Waals surface area contributed by atoms with Crippen LogP contribution in [0.15, 0.2) is 18.5 Å². The Balaban J connectivity index is 2.51. The van der Waals surface area contributed by atoms with Crippen LogP contribution in [-0.4, -0.2) is 24.5 Å². The molecule has 1 aromatic heterocycles. The van der Waals surface area contributed by atoms with Crippen LogP contribution >= 0.6 is 0 Å². The highest BCUT2D eigenvalue weighted by atomic mass is 16.1. The molecular formula is C10H12N4O. The van der Waals surface area contributed by atoms with Crippen LogP contribution in [0.4, 0.5) is 5.69 Å². The second-order valence-electron chi connectivity index (χ2n) is 2.88. The van der Waals surface area contributed by atoms with E-state index in [4.69, 9.17) is 5.26 Å². The average molecular weight is 204 g/mol. The maximum atomic E-state index is 10.9. The largest absolute Gasteiger partial charge is 0.382 e. The molecule has 1 rings (SSSR count). The van der Waals surface area contributed by atoms with Crippen molar-refractivity contribution in [3.05, 3.63) is 24.0 Å². The van der Waals surface area contributed by atoms with Crippen LogP contribution in [0.5, 0.6) is 0 Å². The predicted molar refractivity (Wildman–Crippen MR) is 56.1 cm³/mol. The first kappa shape index (κ1) is 11.0. The molecule has 0 aromatic carbocycles. The molecule has 5 heteroatoms. The molecule has 0 saturated heterocycles. The zero-order chi connectivity index (χ0) is 11.1. The molecule has 0 radical (unpaired) electrons. The number of rotatable bonds is 4. The molecule has 0 spiro atoms. The summed E-state index contributed by atoms with van der Waals surface area (Å²) in [6.07, 6.45) is 3.50. The normalized spacial score (nSPS) is 9.07. The molecule has 78 valence electrons. The third kappa shape index (κ3) is 3.27. The molecule has 0 bridgehead atoms. The minimum Gasteiger partial charge on any atom is -0.382 e. The van der Waals surface area contributed by atoms with Crippen LogP contribution in [0.1, 0.15) is 12.0 Å². The fourth-order valence-electron chi connectivity index (χ4n) is 1.07. The van der Waals surface area contributed by atoms with E-state index in [1.807, 2.05) is 6.07 Å². The number of nitrogens with zero attached hydrogens (tertiary/aromatic N) is 2. The van der Waals surface area contributed by atoms with E-state index in [9.17, 15) is 4.79 Å². The van der Waals surface area contributed by atoms with Gasteiger partial charge in [-0.05, 0) is 6.07 Å². The van der Waals surface area contributed by atoms with Gasteiger partial charge in [-0.25, -0.2) is 0 Å². The number of pyridine rings is 1. The second kappa shape index (κ2) is 5.60. The first-order valence-corrected chi connectivity index (χ1v) is 4.56. The van der Waals surface area contributed by atoms with Crippen molar-refractivity contribution in [2.45, 2.75) is 6.42 Å². The van der Waals surface area contributed by atoms with Crippen LogP contribution in [0.2, 0.25) is 0 Å². The van der Waals surface area contributed by atoms with E-state index < -0.39 is 0 Å². The predicted octanol–water partition coefficient (Wildman–Crippen LogP) is 0.501. The number of hydrogen-bond acceptors (Lipinski definition) is 4. The standard InChI is InChI=1S/C10H12N4O/c1-12-10(15)3-5-14-9-7-13-4-2-8(9)6-11/h2,4,7,14H,3,5H2,1H3,(H,12,15). The van der Waals surface area contributed by atoms with Crippen molar-refractivity contribution in [1.82, 2.24) is 10.3 Å². The van der Waals surface area contributed by atoms with Crippen molar-refractivity contribution < 1.29 is 4.79 Å². The Kier molecular flexibility index (Phi) is 4.10. The Hall–Kier alpha value is -2.09. The quantitative estimate of drug-likeness (QED) is 0.748. The summed E-state index contributed by atoms with van der Waals surface area (Å²) in [6.45, 7) is 0.486. The minimum atomic E-state index is -0.0371. The van der Waals surface area contributed by atoms with E-state index in [1.165, 1.54) is 0 Å². The zero-order valence-electron chi connectivity index (χ0n) is 8.45. The van der Waals surface area contributed by atoms with Gasteiger partial charge in [0.2, 0.25) is 5.91 Å². The molecule has 0 saturated carbocycles. The van der Waals surface area contributed by atoms with Crippen molar-refractivity contribution in [1.29, 1.82) is 5.26 Å². The zero-order valence-corrected chi connectivity index (χ0v) is 8.45. The fourth-order valence-corrected chi connectivity index (χ4v) is 1.07. The number of carbonyl (C=O) groups is 1. The third-order valence-corrected chi connectivity index (χ3v) is 1.89. The minimum absolute atomic E-state index is 0.0371. The van der Waals surface area contributed by atoms with Crippen molar-refractivity contribution in [3.8, 4) is 6.07 Å². The number of nitrogens with one attached hydrogen (secondary N) is 2. The molecule has 1 aromatic rings. The van der Waals surface area contributed by atoms with Gasteiger partial charge in [0.05, 0.1) is 17.4 Å². The van der Waals surface area contributed by atoms with E-state index in [0.29, 0.717) is 24.2 Å². The number of hydrogen-bond donors (Lipinski definition) is 2. The van der Waals surface area contributed by atoms with E-state index in [2.05, 4.69) is 15.6 Å². The van der Waals surface area contributed by atoms with Gasteiger partial charge in [-0.1, -0.05) is 0 Å². The summed E-state index contributed by atoms with van der Waals surface area (Å²) >= 11 is 0. The molecule has 0 unspecified atom stereocenters. The first-order valence-electron chi connectivity index (χ1n) is 4.56. The van der Waals surface area contributed by atoms with Crippen molar-refractivity contribution >= 4 is 11.6 Å². The highest BCUT2D eigenvalue weighted by molar-refractivity contribution is 5.76. The van der Waals surface area contributed by atoms with Gasteiger partial charge in [0.1, 0.15) is 6.07 Å². The molecule has 15 heavy (non-hydrogen) atoms. The number of amides is 1. The van der Waals surface area contributed by atoms with Gasteiger partial charge in [-0.2, -0.15) is 5.26 Å². The first-order chi connectivity index (χ1) is 7.27. The van der Waals surface area contributed by atoms with Gasteiger partial charge in [0.15, 0.2) is 0 Å². The molecule has 0 fully saturated rings. The molecule has 1 amide bonds. The van der Waals surface area contributed by atoms with Gasteiger partial charge >= 0.3 is 0 Å². The van der Waals surface area contributed by atoms with E-state index in [-0.39, 0.29) is 5.91 Å². The number of anilines is 1. The molecule has 5 nitrogen and oxygen atoms in total. The molecule has 1 heterocycles. The summed E-state index contributed by atoms with van der Waals surface area (Å²) < 4.78 is 0. The van der Waals surface area contributed by atoms with Crippen molar-refractivity contribution in [2.75, 3.05) is 18.9 Å².